The molecule has 0 aliphatic carbocycles. The molecule has 1 atom stereocenters. The van der Waals surface area contributed by atoms with Crippen LogP contribution in [0.25, 0.3) is 0 Å². The maximum Gasteiger partial charge on any atom is 0.0958 e. The molecule has 5 heteroatoms. The van der Waals surface area contributed by atoms with Crippen molar-refractivity contribution in [3.8, 4) is 0 Å². The van der Waals surface area contributed by atoms with Gasteiger partial charge in [0.05, 0.1) is 29.7 Å². The summed E-state index contributed by atoms with van der Waals surface area (Å²) in [4.78, 5) is 4.17. The van der Waals surface area contributed by atoms with Crippen LogP contribution in [0.2, 0.25) is 0 Å². The smallest absolute Gasteiger partial charge is 0.0958 e. The summed E-state index contributed by atoms with van der Waals surface area (Å²) in [5.41, 5.74) is 3.34. The van der Waals surface area contributed by atoms with Crippen LogP contribution in [0, 0.1) is 6.92 Å². The SMILES string of the molecule is CCNC(c1cnsn1)c1cnccc1C. The first-order chi connectivity index (χ1) is 7.83. The molecule has 4 nitrogen and oxygen atoms in total. The van der Waals surface area contributed by atoms with Gasteiger partial charge in [-0.3, -0.25) is 4.98 Å². The van der Waals surface area contributed by atoms with Gasteiger partial charge in [-0.05, 0) is 30.7 Å². The Balaban J connectivity index is 2.37. The fraction of sp³-hybridized carbons (Fsp3) is 0.364. The number of pyridine rings is 1. The van der Waals surface area contributed by atoms with Gasteiger partial charge in [0.1, 0.15) is 0 Å². The van der Waals surface area contributed by atoms with Crippen LogP contribution in [0.1, 0.15) is 29.8 Å². The lowest BCUT2D eigenvalue weighted by Gasteiger charge is -2.17. The fourth-order valence-electron chi connectivity index (χ4n) is 1.66. The first kappa shape index (κ1) is 11.2. The predicted molar refractivity (Wildman–Crippen MR) is 64.4 cm³/mol. The molecule has 2 aromatic rings. The van der Waals surface area contributed by atoms with Crippen LogP contribution >= 0.6 is 11.7 Å². The van der Waals surface area contributed by atoms with Gasteiger partial charge in [-0.1, -0.05) is 6.92 Å². The average Bonchev–Trinajstić information content (AvgIpc) is 2.80. The van der Waals surface area contributed by atoms with E-state index in [1.807, 2.05) is 18.5 Å². The van der Waals surface area contributed by atoms with Crippen molar-refractivity contribution >= 4 is 11.7 Å². The number of aromatic nitrogens is 3. The molecule has 2 aromatic heterocycles. The minimum Gasteiger partial charge on any atom is -0.305 e. The second-order valence-electron chi connectivity index (χ2n) is 3.56. The minimum atomic E-state index is 0.0949. The topological polar surface area (TPSA) is 50.7 Å². The Kier molecular flexibility index (Phi) is 3.58. The zero-order valence-corrected chi connectivity index (χ0v) is 10.2. The lowest BCUT2D eigenvalue weighted by atomic mass is 10.0. The van der Waals surface area contributed by atoms with Crippen molar-refractivity contribution in [2.75, 3.05) is 6.54 Å². The van der Waals surface area contributed by atoms with Crippen LogP contribution in [-0.4, -0.2) is 20.3 Å². The van der Waals surface area contributed by atoms with E-state index in [1.54, 1.807) is 6.20 Å². The van der Waals surface area contributed by atoms with Crippen LogP contribution < -0.4 is 5.32 Å². The van der Waals surface area contributed by atoms with Crippen molar-refractivity contribution in [3.63, 3.8) is 0 Å². The third kappa shape index (κ3) is 2.25. The van der Waals surface area contributed by atoms with Crippen LogP contribution in [0.5, 0.6) is 0 Å². The van der Waals surface area contributed by atoms with E-state index < -0.39 is 0 Å². The maximum atomic E-state index is 4.29. The van der Waals surface area contributed by atoms with Gasteiger partial charge < -0.3 is 5.32 Å². The highest BCUT2D eigenvalue weighted by Gasteiger charge is 2.17. The van der Waals surface area contributed by atoms with Crippen molar-refractivity contribution in [2.24, 2.45) is 0 Å². The molecule has 0 amide bonds. The third-order valence-electron chi connectivity index (χ3n) is 2.47. The molecule has 16 heavy (non-hydrogen) atoms. The molecule has 0 radical (unpaired) electrons. The van der Waals surface area contributed by atoms with Crippen LogP contribution in [0.3, 0.4) is 0 Å². The normalized spacial score (nSPS) is 12.6. The fourth-order valence-corrected chi connectivity index (χ4v) is 2.10. The molecule has 1 unspecified atom stereocenters. The van der Waals surface area contributed by atoms with E-state index in [2.05, 4.69) is 32.9 Å². The average molecular weight is 234 g/mol. The summed E-state index contributed by atoms with van der Waals surface area (Å²) in [6.07, 6.45) is 5.51. The molecule has 0 saturated carbocycles. The molecule has 0 bridgehead atoms. The summed E-state index contributed by atoms with van der Waals surface area (Å²) in [7, 11) is 0. The Labute approximate surface area is 99.1 Å². The number of hydrogen-bond acceptors (Lipinski definition) is 5. The molecule has 84 valence electrons. The molecule has 1 N–H and O–H groups in total. The van der Waals surface area contributed by atoms with Crippen molar-refractivity contribution in [2.45, 2.75) is 19.9 Å². The van der Waals surface area contributed by atoms with Crippen molar-refractivity contribution in [1.29, 1.82) is 0 Å². The summed E-state index contributed by atoms with van der Waals surface area (Å²) < 4.78 is 8.34. The van der Waals surface area contributed by atoms with Gasteiger partial charge in [-0.25, -0.2) is 0 Å². The number of rotatable bonds is 4. The van der Waals surface area contributed by atoms with Gasteiger partial charge in [0.15, 0.2) is 0 Å². The number of hydrogen-bond donors (Lipinski definition) is 1. The van der Waals surface area contributed by atoms with E-state index in [-0.39, 0.29) is 6.04 Å². The zero-order valence-electron chi connectivity index (χ0n) is 9.34. The van der Waals surface area contributed by atoms with Crippen LogP contribution in [0.4, 0.5) is 0 Å². The van der Waals surface area contributed by atoms with Crippen molar-refractivity contribution in [3.05, 3.63) is 41.5 Å². The number of nitrogens with one attached hydrogen (secondary N) is 1. The predicted octanol–water partition coefficient (Wildman–Crippen LogP) is 1.94. The Morgan fingerprint density at radius 1 is 1.44 bits per heavy atom. The summed E-state index contributed by atoms with van der Waals surface area (Å²) in [6, 6.07) is 2.11. The Bertz CT molecular complexity index is 441. The van der Waals surface area contributed by atoms with E-state index in [0.29, 0.717) is 0 Å². The van der Waals surface area contributed by atoms with Crippen molar-refractivity contribution < 1.29 is 0 Å². The summed E-state index contributed by atoms with van der Waals surface area (Å²) in [6.45, 7) is 5.05. The Hall–Kier alpha value is -1.33. The van der Waals surface area contributed by atoms with E-state index in [4.69, 9.17) is 0 Å². The summed E-state index contributed by atoms with van der Waals surface area (Å²) in [5.74, 6) is 0. The first-order valence-corrected chi connectivity index (χ1v) is 5.97. The van der Waals surface area contributed by atoms with Gasteiger partial charge in [0, 0.05) is 12.4 Å². The lowest BCUT2D eigenvalue weighted by Crippen LogP contribution is -2.23. The molecular weight excluding hydrogens is 220 g/mol. The summed E-state index contributed by atoms with van der Waals surface area (Å²) in [5, 5.41) is 3.41. The number of nitrogens with zero attached hydrogens (tertiary/aromatic N) is 3. The van der Waals surface area contributed by atoms with E-state index >= 15 is 0 Å². The quantitative estimate of drug-likeness (QED) is 0.878. The number of aryl methyl sites for hydroxylation is 1. The van der Waals surface area contributed by atoms with Crippen LogP contribution in [-0.2, 0) is 0 Å². The van der Waals surface area contributed by atoms with E-state index in [0.717, 1.165) is 17.8 Å². The Morgan fingerprint density at radius 2 is 2.31 bits per heavy atom. The molecule has 0 aliphatic heterocycles. The minimum absolute atomic E-state index is 0.0949. The van der Waals surface area contributed by atoms with E-state index in [1.165, 1.54) is 17.3 Å². The Morgan fingerprint density at radius 3 is 2.94 bits per heavy atom. The highest BCUT2D eigenvalue weighted by Crippen LogP contribution is 2.22. The lowest BCUT2D eigenvalue weighted by molar-refractivity contribution is 0.615. The second-order valence-corrected chi connectivity index (χ2v) is 4.11. The molecule has 2 heterocycles. The highest BCUT2D eigenvalue weighted by molar-refractivity contribution is 6.99. The van der Waals surface area contributed by atoms with Crippen LogP contribution in [0.15, 0.2) is 24.7 Å². The van der Waals surface area contributed by atoms with Gasteiger partial charge in [-0.2, -0.15) is 8.75 Å². The monoisotopic (exact) mass is 234 g/mol. The summed E-state index contributed by atoms with van der Waals surface area (Å²) >= 11 is 1.23. The van der Waals surface area contributed by atoms with Crippen molar-refractivity contribution in [1.82, 2.24) is 19.0 Å². The molecular formula is C11H14N4S. The largest absolute Gasteiger partial charge is 0.305 e. The first-order valence-electron chi connectivity index (χ1n) is 5.24. The van der Waals surface area contributed by atoms with Gasteiger partial charge in [0.25, 0.3) is 0 Å². The van der Waals surface area contributed by atoms with Gasteiger partial charge in [0.2, 0.25) is 0 Å². The second kappa shape index (κ2) is 5.14. The zero-order chi connectivity index (χ0) is 11.4. The third-order valence-corrected chi connectivity index (χ3v) is 2.97. The van der Waals surface area contributed by atoms with Gasteiger partial charge in [-0.15, -0.1) is 0 Å². The molecule has 0 aliphatic rings. The molecule has 0 saturated heterocycles. The molecule has 0 spiro atoms. The standard InChI is InChI=1S/C11H14N4S/c1-3-13-11(10-7-14-16-15-10)9-6-12-5-4-8(9)2/h4-7,11,13H,3H2,1-2H3. The molecule has 0 aromatic carbocycles. The molecule has 0 fully saturated rings. The van der Waals surface area contributed by atoms with Gasteiger partial charge >= 0.3 is 0 Å². The molecule has 2 rings (SSSR count). The highest BCUT2D eigenvalue weighted by atomic mass is 32.1. The maximum absolute atomic E-state index is 4.29. The van der Waals surface area contributed by atoms with E-state index in [9.17, 15) is 0 Å².